The molecule has 1 aromatic heterocycles. The molecule has 0 bridgehead atoms. The highest BCUT2D eigenvalue weighted by Gasteiger charge is 2.25. The van der Waals surface area contributed by atoms with Crippen molar-refractivity contribution >= 4 is 10.0 Å². The average Bonchev–Trinajstić information content (AvgIpc) is 2.69. The van der Waals surface area contributed by atoms with Gasteiger partial charge in [0.25, 0.3) is 10.0 Å². The van der Waals surface area contributed by atoms with E-state index < -0.39 is 10.0 Å². The van der Waals surface area contributed by atoms with Crippen LogP contribution in [0.1, 0.15) is 25.7 Å². The van der Waals surface area contributed by atoms with E-state index in [2.05, 4.69) is 9.71 Å². The zero-order valence-corrected chi connectivity index (χ0v) is 10.5. The second-order valence-electron chi connectivity index (χ2n) is 4.50. The van der Waals surface area contributed by atoms with Gasteiger partial charge in [-0.1, -0.05) is 0 Å². The molecule has 1 aliphatic carbocycles. The Labute approximate surface area is 101 Å². The Hall–Kier alpha value is -0.920. The number of nitrogens with one attached hydrogen (secondary N) is 1. The van der Waals surface area contributed by atoms with Crippen LogP contribution in [0.15, 0.2) is 17.6 Å². The summed E-state index contributed by atoms with van der Waals surface area (Å²) in [4.78, 5) is 3.83. The van der Waals surface area contributed by atoms with Crippen molar-refractivity contribution in [1.82, 2.24) is 14.3 Å². The second-order valence-corrected chi connectivity index (χ2v) is 6.16. The number of aliphatic hydroxyl groups excluding tert-OH is 1. The fourth-order valence-corrected chi connectivity index (χ4v) is 3.29. The summed E-state index contributed by atoms with van der Waals surface area (Å²) in [6.45, 7) is 0. The van der Waals surface area contributed by atoms with E-state index in [9.17, 15) is 13.5 Å². The Bertz CT molecular complexity index is 475. The third kappa shape index (κ3) is 3.05. The lowest BCUT2D eigenvalue weighted by Gasteiger charge is -2.25. The van der Waals surface area contributed by atoms with Gasteiger partial charge in [-0.3, -0.25) is 0 Å². The van der Waals surface area contributed by atoms with Gasteiger partial charge < -0.3 is 9.67 Å². The first-order valence-corrected chi connectivity index (χ1v) is 7.14. The van der Waals surface area contributed by atoms with Gasteiger partial charge in [-0.15, -0.1) is 0 Å². The van der Waals surface area contributed by atoms with Gasteiger partial charge in [0, 0.05) is 19.3 Å². The largest absolute Gasteiger partial charge is 0.393 e. The van der Waals surface area contributed by atoms with Crippen molar-refractivity contribution in [2.75, 3.05) is 0 Å². The maximum Gasteiger partial charge on any atom is 0.259 e. The topological polar surface area (TPSA) is 84.2 Å². The van der Waals surface area contributed by atoms with E-state index in [1.54, 1.807) is 11.6 Å². The number of hydrogen-bond acceptors (Lipinski definition) is 4. The first-order valence-electron chi connectivity index (χ1n) is 5.66. The van der Waals surface area contributed by atoms with Crippen LogP contribution in [-0.2, 0) is 17.1 Å². The molecule has 0 amide bonds. The Morgan fingerprint density at radius 3 is 2.59 bits per heavy atom. The minimum absolute atomic E-state index is 0.0473. The molecule has 7 heteroatoms. The highest BCUT2D eigenvalue weighted by Crippen LogP contribution is 2.20. The van der Waals surface area contributed by atoms with Crippen LogP contribution >= 0.6 is 0 Å². The summed E-state index contributed by atoms with van der Waals surface area (Å²) in [5.74, 6) is 0. The van der Waals surface area contributed by atoms with Gasteiger partial charge >= 0.3 is 0 Å². The number of aliphatic hydroxyl groups is 1. The van der Waals surface area contributed by atoms with Crippen LogP contribution in [0, 0.1) is 0 Å². The summed E-state index contributed by atoms with van der Waals surface area (Å²) in [5, 5.41) is 9.40. The van der Waals surface area contributed by atoms with Gasteiger partial charge in [0.2, 0.25) is 0 Å². The van der Waals surface area contributed by atoms with Crippen LogP contribution in [0.4, 0.5) is 0 Å². The van der Waals surface area contributed by atoms with Gasteiger partial charge in [-0.2, -0.15) is 0 Å². The van der Waals surface area contributed by atoms with Gasteiger partial charge in [-0.05, 0) is 25.7 Å². The molecule has 1 aliphatic rings. The molecule has 1 fully saturated rings. The minimum atomic E-state index is -3.52. The number of imidazole rings is 1. The van der Waals surface area contributed by atoms with Crippen LogP contribution in [0.25, 0.3) is 0 Å². The molecular weight excluding hydrogens is 242 g/mol. The van der Waals surface area contributed by atoms with Crippen LogP contribution in [-0.4, -0.2) is 35.2 Å². The summed E-state index contributed by atoms with van der Waals surface area (Å²) >= 11 is 0. The molecular formula is C10H17N3O3S. The van der Waals surface area contributed by atoms with Crippen molar-refractivity contribution in [2.45, 2.75) is 42.9 Å². The van der Waals surface area contributed by atoms with E-state index in [1.807, 2.05) is 0 Å². The molecule has 6 nitrogen and oxygen atoms in total. The summed E-state index contributed by atoms with van der Waals surface area (Å²) in [5.41, 5.74) is 0. The third-order valence-electron chi connectivity index (χ3n) is 2.98. The summed E-state index contributed by atoms with van der Waals surface area (Å²) in [6.07, 6.45) is 5.29. The quantitative estimate of drug-likeness (QED) is 0.800. The maximum atomic E-state index is 11.9. The average molecular weight is 259 g/mol. The van der Waals surface area contributed by atoms with Gasteiger partial charge in [-0.25, -0.2) is 18.1 Å². The summed E-state index contributed by atoms with van der Waals surface area (Å²) in [6, 6.07) is -0.0922. The standard InChI is InChI=1S/C10H17N3O3S/c1-13-6-10(11-7-13)17(15,16)12-8-2-4-9(14)5-3-8/h6-9,12,14H,2-5H2,1H3. The summed E-state index contributed by atoms with van der Waals surface area (Å²) < 4.78 is 28.1. The molecule has 96 valence electrons. The third-order valence-corrected chi connectivity index (χ3v) is 4.38. The zero-order chi connectivity index (χ0) is 12.5. The Balaban J connectivity index is 2.03. The Morgan fingerprint density at radius 2 is 2.06 bits per heavy atom. The van der Waals surface area contributed by atoms with Crippen LogP contribution in [0.2, 0.25) is 0 Å². The molecule has 0 spiro atoms. The molecule has 0 saturated heterocycles. The lowest BCUT2D eigenvalue weighted by molar-refractivity contribution is 0.120. The Morgan fingerprint density at radius 1 is 1.41 bits per heavy atom. The number of aromatic nitrogens is 2. The predicted octanol–water partition coefficient (Wildman–Crippen LogP) is 0.00190. The smallest absolute Gasteiger partial charge is 0.259 e. The molecule has 0 atom stereocenters. The van der Waals surface area contributed by atoms with E-state index in [0.717, 1.165) is 0 Å². The number of hydrogen-bond donors (Lipinski definition) is 2. The molecule has 1 aromatic rings. The van der Waals surface area contributed by atoms with E-state index >= 15 is 0 Å². The van der Waals surface area contributed by atoms with Crippen molar-refractivity contribution in [1.29, 1.82) is 0 Å². The number of aryl methyl sites for hydroxylation is 1. The van der Waals surface area contributed by atoms with Gasteiger partial charge in [0.05, 0.1) is 12.4 Å². The van der Waals surface area contributed by atoms with Crippen LogP contribution in [0.3, 0.4) is 0 Å². The second kappa shape index (κ2) is 4.75. The van der Waals surface area contributed by atoms with E-state index in [4.69, 9.17) is 0 Å². The van der Waals surface area contributed by atoms with E-state index in [-0.39, 0.29) is 17.2 Å². The number of rotatable bonds is 3. The first kappa shape index (κ1) is 12.5. The van der Waals surface area contributed by atoms with Crippen molar-refractivity contribution in [3.8, 4) is 0 Å². The van der Waals surface area contributed by atoms with Crippen LogP contribution < -0.4 is 4.72 Å². The van der Waals surface area contributed by atoms with Gasteiger partial charge in [0.15, 0.2) is 5.03 Å². The van der Waals surface area contributed by atoms with Crippen molar-refractivity contribution < 1.29 is 13.5 Å². The zero-order valence-electron chi connectivity index (χ0n) is 9.70. The molecule has 0 aliphatic heterocycles. The SMILES string of the molecule is Cn1cnc(S(=O)(=O)NC2CCC(O)CC2)c1. The van der Waals surface area contributed by atoms with Crippen LogP contribution in [0.5, 0.6) is 0 Å². The fraction of sp³-hybridized carbons (Fsp3) is 0.700. The molecule has 0 aromatic carbocycles. The molecule has 0 radical (unpaired) electrons. The highest BCUT2D eigenvalue weighted by molar-refractivity contribution is 7.89. The molecule has 1 saturated carbocycles. The lowest BCUT2D eigenvalue weighted by atomic mass is 9.94. The number of nitrogens with zero attached hydrogens (tertiary/aromatic N) is 2. The normalized spacial score (nSPS) is 26.0. The van der Waals surface area contributed by atoms with Crippen molar-refractivity contribution in [3.63, 3.8) is 0 Å². The number of sulfonamides is 1. The minimum Gasteiger partial charge on any atom is -0.393 e. The molecule has 2 N–H and O–H groups in total. The molecule has 0 unspecified atom stereocenters. The molecule has 2 rings (SSSR count). The lowest BCUT2D eigenvalue weighted by Crippen LogP contribution is -2.38. The van der Waals surface area contributed by atoms with E-state index in [1.165, 1.54) is 12.5 Å². The van der Waals surface area contributed by atoms with Crippen molar-refractivity contribution in [3.05, 3.63) is 12.5 Å². The highest BCUT2D eigenvalue weighted by atomic mass is 32.2. The monoisotopic (exact) mass is 259 g/mol. The first-order chi connectivity index (χ1) is 7.97. The van der Waals surface area contributed by atoms with E-state index in [0.29, 0.717) is 25.7 Å². The van der Waals surface area contributed by atoms with Gasteiger partial charge in [0.1, 0.15) is 0 Å². The van der Waals surface area contributed by atoms with Crippen molar-refractivity contribution in [2.24, 2.45) is 7.05 Å². The predicted molar refractivity (Wildman–Crippen MR) is 61.8 cm³/mol. The maximum absolute atomic E-state index is 11.9. The fourth-order valence-electron chi connectivity index (χ4n) is 2.00. The summed E-state index contributed by atoms with van der Waals surface area (Å²) in [7, 11) is -1.79. The molecule has 1 heterocycles. The Kier molecular flexibility index (Phi) is 3.50. The molecule has 17 heavy (non-hydrogen) atoms.